The predicted molar refractivity (Wildman–Crippen MR) is 124 cm³/mol. The van der Waals surface area contributed by atoms with Gasteiger partial charge in [0.15, 0.2) is 0 Å². The number of nitrogens with zero attached hydrogens (tertiary/aromatic N) is 2. The minimum Gasteiger partial charge on any atom is -0.497 e. The molecule has 0 aliphatic rings. The van der Waals surface area contributed by atoms with E-state index in [0.717, 1.165) is 34.0 Å². The molecule has 1 heterocycles. The van der Waals surface area contributed by atoms with E-state index in [1.807, 2.05) is 54.6 Å². The van der Waals surface area contributed by atoms with Gasteiger partial charge >= 0.3 is 0 Å². The van der Waals surface area contributed by atoms with Crippen molar-refractivity contribution >= 4 is 12.1 Å². The summed E-state index contributed by atoms with van der Waals surface area (Å²) in [5, 5.41) is 4.05. The summed E-state index contributed by atoms with van der Waals surface area (Å²) in [5.41, 5.74) is 8.32. The fraction of sp³-hybridized carbons (Fsp3) is 0.0769. The molecular weight excluding hydrogens is 386 g/mol. The SMILES string of the molecule is COc1cccc(/C=N/NC(=O)c2ccc(-n3c(C)ccc3-c3ccccc3)cc2)c1. The van der Waals surface area contributed by atoms with Gasteiger partial charge < -0.3 is 9.30 Å². The van der Waals surface area contributed by atoms with Crippen LogP contribution in [0.5, 0.6) is 5.75 Å². The second-order valence-corrected chi connectivity index (χ2v) is 7.08. The molecule has 3 aromatic carbocycles. The van der Waals surface area contributed by atoms with E-state index in [9.17, 15) is 4.79 Å². The highest BCUT2D eigenvalue weighted by atomic mass is 16.5. The van der Waals surface area contributed by atoms with Crippen LogP contribution in [0.3, 0.4) is 0 Å². The number of rotatable bonds is 6. The van der Waals surface area contributed by atoms with Crippen LogP contribution in [0.4, 0.5) is 0 Å². The van der Waals surface area contributed by atoms with Crippen LogP contribution >= 0.6 is 0 Å². The number of benzene rings is 3. The highest BCUT2D eigenvalue weighted by Gasteiger charge is 2.10. The van der Waals surface area contributed by atoms with Gasteiger partial charge in [-0.15, -0.1) is 0 Å². The lowest BCUT2D eigenvalue weighted by atomic mass is 10.1. The molecule has 0 fully saturated rings. The van der Waals surface area contributed by atoms with Gasteiger partial charge in [0.05, 0.1) is 19.0 Å². The smallest absolute Gasteiger partial charge is 0.271 e. The molecule has 0 saturated heterocycles. The third kappa shape index (κ3) is 4.56. The van der Waals surface area contributed by atoms with E-state index in [4.69, 9.17) is 4.74 Å². The highest BCUT2D eigenvalue weighted by molar-refractivity contribution is 5.95. The molecule has 0 unspecified atom stereocenters. The quantitative estimate of drug-likeness (QED) is 0.350. The second-order valence-electron chi connectivity index (χ2n) is 7.08. The van der Waals surface area contributed by atoms with Crippen molar-refractivity contribution in [2.24, 2.45) is 5.10 Å². The number of aromatic nitrogens is 1. The molecule has 0 saturated carbocycles. The van der Waals surface area contributed by atoms with Crippen molar-refractivity contribution in [3.05, 3.63) is 108 Å². The Morgan fingerprint density at radius 3 is 2.45 bits per heavy atom. The Labute approximate surface area is 181 Å². The van der Waals surface area contributed by atoms with Gasteiger partial charge in [-0.3, -0.25) is 4.79 Å². The minimum absolute atomic E-state index is 0.266. The number of hydrazone groups is 1. The molecule has 1 N–H and O–H groups in total. The topological polar surface area (TPSA) is 55.6 Å². The van der Waals surface area contributed by atoms with Gasteiger partial charge in [-0.05, 0) is 66.6 Å². The van der Waals surface area contributed by atoms with E-state index in [1.165, 1.54) is 0 Å². The van der Waals surface area contributed by atoms with Gasteiger partial charge in [0, 0.05) is 16.9 Å². The van der Waals surface area contributed by atoms with Gasteiger partial charge in [-0.1, -0.05) is 42.5 Å². The second kappa shape index (κ2) is 9.13. The molecule has 5 nitrogen and oxygen atoms in total. The molecule has 1 aromatic heterocycles. The average molecular weight is 409 g/mol. The van der Waals surface area contributed by atoms with Crippen LogP contribution in [0.15, 0.2) is 96.1 Å². The fourth-order valence-corrected chi connectivity index (χ4v) is 3.43. The van der Waals surface area contributed by atoms with Gasteiger partial charge in [0.25, 0.3) is 5.91 Å². The number of aryl methyl sites for hydroxylation is 1. The van der Waals surface area contributed by atoms with Crippen LogP contribution in [0.2, 0.25) is 0 Å². The van der Waals surface area contributed by atoms with Crippen LogP contribution in [-0.2, 0) is 0 Å². The Bertz CT molecular complexity index is 1210. The molecule has 0 bridgehead atoms. The molecule has 4 rings (SSSR count). The molecule has 0 radical (unpaired) electrons. The van der Waals surface area contributed by atoms with Crippen molar-refractivity contribution < 1.29 is 9.53 Å². The lowest BCUT2D eigenvalue weighted by molar-refractivity contribution is 0.0955. The number of methoxy groups -OCH3 is 1. The molecule has 4 aromatic rings. The largest absolute Gasteiger partial charge is 0.497 e. The van der Waals surface area contributed by atoms with Gasteiger partial charge in [0.1, 0.15) is 5.75 Å². The van der Waals surface area contributed by atoms with Crippen LogP contribution in [-0.4, -0.2) is 23.8 Å². The molecule has 1 amide bonds. The molecular formula is C26H23N3O2. The Morgan fingerprint density at radius 2 is 1.71 bits per heavy atom. The maximum absolute atomic E-state index is 12.5. The van der Waals surface area contributed by atoms with E-state index in [0.29, 0.717) is 5.56 Å². The first-order valence-electron chi connectivity index (χ1n) is 9.97. The summed E-state index contributed by atoms with van der Waals surface area (Å²) < 4.78 is 7.37. The van der Waals surface area contributed by atoms with Crippen LogP contribution in [0.25, 0.3) is 16.9 Å². The molecule has 31 heavy (non-hydrogen) atoms. The zero-order chi connectivity index (χ0) is 21.6. The zero-order valence-electron chi connectivity index (χ0n) is 17.4. The van der Waals surface area contributed by atoms with E-state index in [2.05, 4.69) is 46.3 Å². The highest BCUT2D eigenvalue weighted by Crippen LogP contribution is 2.26. The maximum Gasteiger partial charge on any atom is 0.271 e. The Kier molecular flexibility index (Phi) is 5.94. The zero-order valence-corrected chi connectivity index (χ0v) is 17.4. The van der Waals surface area contributed by atoms with Gasteiger partial charge in [-0.2, -0.15) is 5.10 Å². The van der Waals surface area contributed by atoms with Crippen molar-refractivity contribution in [2.75, 3.05) is 7.11 Å². The molecule has 0 aliphatic heterocycles. The lowest BCUT2D eigenvalue weighted by Gasteiger charge is -2.12. The molecule has 5 heteroatoms. The van der Waals surface area contributed by atoms with Crippen LogP contribution in [0, 0.1) is 6.92 Å². The first kappa shape index (κ1) is 20.2. The number of carbonyl (C=O) groups excluding carboxylic acids is 1. The van der Waals surface area contributed by atoms with Crippen molar-refractivity contribution in [1.82, 2.24) is 9.99 Å². The third-order valence-electron chi connectivity index (χ3n) is 5.01. The van der Waals surface area contributed by atoms with Crippen molar-refractivity contribution in [3.63, 3.8) is 0 Å². The van der Waals surface area contributed by atoms with Gasteiger partial charge in [0.2, 0.25) is 0 Å². The van der Waals surface area contributed by atoms with E-state index in [-0.39, 0.29) is 5.91 Å². The van der Waals surface area contributed by atoms with Gasteiger partial charge in [-0.25, -0.2) is 5.43 Å². The standard InChI is InChI=1S/C26H23N3O2/c1-19-11-16-25(21-8-4-3-5-9-21)29(19)23-14-12-22(13-15-23)26(30)28-27-18-20-7-6-10-24(17-20)31-2/h3-18H,1-2H3,(H,28,30)/b27-18+. The first-order chi connectivity index (χ1) is 15.2. The summed E-state index contributed by atoms with van der Waals surface area (Å²) in [7, 11) is 1.61. The molecule has 0 atom stereocenters. The number of hydrogen-bond acceptors (Lipinski definition) is 3. The summed E-state index contributed by atoms with van der Waals surface area (Å²) in [6, 6.07) is 29.4. The predicted octanol–water partition coefficient (Wildman–Crippen LogP) is 5.23. The van der Waals surface area contributed by atoms with Crippen molar-refractivity contribution in [3.8, 4) is 22.7 Å². The van der Waals surface area contributed by atoms with E-state index in [1.54, 1.807) is 25.5 Å². The van der Waals surface area contributed by atoms with E-state index < -0.39 is 0 Å². The summed E-state index contributed by atoms with van der Waals surface area (Å²) in [4.78, 5) is 12.5. The number of amides is 1. The average Bonchev–Trinajstić information content (AvgIpc) is 3.21. The van der Waals surface area contributed by atoms with Crippen molar-refractivity contribution in [2.45, 2.75) is 6.92 Å². The monoisotopic (exact) mass is 409 g/mol. The Morgan fingerprint density at radius 1 is 0.935 bits per heavy atom. The first-order valence-corrected chi connectivity index (χ1v) is 9.97. The maximum atomic E-state index is 12.5. The fourth-order valence-electron chi connectivity index (χ4n) is 3.43. The molecule has 0 aliphatic carbocycles. The summed E-state index contributed by atoms with van der Waals surface area (Å²) in [5.74, 6) is 0.472. The Hall–Kier alpha value is -4.12. The molecule has 0 spiro atoms. The number of carbonyl (C=O) groups is 1. The normalized spacial score (nSPS) is 10.9. The minimum atomic E-state index is -0.266. The summed E-state index contributed by atoms with van der Waals surface area (Å²) in [6.07, 6.45) is 1.59. The van der Waals surface area contributed by atoms with Crippen LogP contribution < -0.4 is 10.2 Å². The Balaban J connectivity index is 1.49. The van der Waals surface area contributed by atoms with Crippen molar-refractivity contribution in [1.29, 1.82) is 0 Å². The number of ether oxygens (including phenoxy) is 1. The summed E-state index contributed by atoms with van der Waals surface area (Å²) >= 11 is 0. The molecule has 154 valence electrons. The van der Waals surface area contributed by atoms with Crippen LogP contribution in [0.1, 0.15) is 21.6 Å². The number of hydrogen-bond donors (Lipinski definition) is 1. The van der Waals surface area contributed by atoms with E-state index >= 15 is 0 Å². The number of nitrogens with one attached hydrogen (secondary N) is 1. The summed E-state index contributed by atoms with van der Waals surface area (Å²) in [6.45, 7) is 2.07. The lowest BCUT2D eigenvalue weighted by Crippen LogP contribution is -2.17. The third-order valence-corrected chi connectivity index (χ3v) is 5.01.